The SMILES string of the molecule is COc1cc(CC(=O)N[C@@H]2CCOC[C@H]2OC)c(C(C)=O)cc1OC. The van der Waals surface area contributed by atoms with Crippen LogP contribution in [0.1, 0.15) is 29.3 Å². The van der Waals surface area contributed by atoms with Crippen LogP contribution >= 0.6 is 0 Å². The molecule has 1 amide bonds. The molecular formula is C18H25NO6. The van der Waals surface area contributed by atoms with Crippen molar-refractivity contribution < 1.29 is 28.5 Å². The second-order valence-electron chi connectivity index (χ2n) is 5.91. The zero-order valence-corrected chi connectivity index (χ0v) is 15.1. The largest absolute Gasteiger partial charge is 0.493 e. The lowest BCUT2D eigenvalue weighted by Gasteiger charge is -2.31. The number of hydrogen-bond acceptors (Lipinski definition) is 6. The summed E-state index contributed by atoms with van der Waals surface area (Å²) in [7, 11) is 4.62. The molecule has 1 aromatic carbocycles. The molecule has 0 aromatic heterocycles. The normalized spacial score (nSPS) is 20.0. The monoisotopic (exact) mass is 351 g/mol. The lowest BCUT2D eigenvalue weighted by molar-refractivity contribution is -0.124. The molecule has 7 heteroatoms. The van der Waals surface area contributed by atoms with Gasteiger partial charge in [0.25, 0.3) is 0 Å². The minimum Gasteiger partial charge on any atom is -0.493 e. The molecule has 138 valence electrons. The molecule has 0 saturated carbocycles. The highest BCUT2D eigenvalue weighted by molar-refractivity contribution is 5.97. The predicted molar refractivity (Wildman–Crippen MR) is 91.4 cm³/mol. The second kappa shape index (κ2) is 8.82. The summed E-state index contributed by atoms with van der Waals surface area (Å²) >= 11 is 0. The van der Waals surface area contributed by atoms with E-state index in [0.717, 1.165) is 0 Å². The van der Waals surface area contributed by atoms with E-state index in [9.17, 15) is 9.59 Å². The lowest BCUT2D eigenvalue weighted by atomic mass is 9.99. The molecule has 7 nitrogen and oxygen atoms in total. The third-order valence-electron chi connectivity index (χ3n) is 4.29. The summed E-state index contributed by atoms with van der Waals surface area (Å²) < 4.78 is 21.2. The number of nitrogens with one attached hydrogen (secondary N) is 1. The van der Waals surface area contributed by atoms with Crippen molar-refractivity contribution in [2.75, 3.05) is 34.5 Å². The van der Waals surface area contributed by atoms with Gasteiger partial charge in [0.2, 0.25) is 5.91 Å². The van der Waals surface area contributed by atoms with Crippen molar-refractivity contribution in [3.05, 3.63) is 23.3 Å². The Labute approximate surface area is 147 Å². The van der Waals surface area contributed by atoms with Crippen molar-refractivity contribution in [1.29, 1.82) is 0 Å². The quantitative estimate of drug-likeness (QED) is 0.747. The lowest BCUT2D eigenvalue weighted by Crippen LogP contribution is -2.50. The van der Waals surface area contributed by atoms with Gasteiger partial charge in [0.05, 0.1) is 33.3 Å². The maximum atomic E-state index is 12.5. The zero-order chi connectivity index (χ0) is 18.4. The van der Waals surface area contributed by atoms with Crippen LogP contribution in [0.2, 0.25) is 0 Å². The van der Waals surface area contributed by atoms with Gasteiger partial charge in [-0.1, -0.05) is 0 Å². The van der Waals surface area contributed by atoms with Crippen molar-refractivity contribution in [3.8, 4) is 11.5 Å². The van der Waals surface area contributed by atoms with Crippen molar-refractivity contribution >= 4 is 11.7 Å². The molecule has 0 radical (unpaired) electrons. The van der Waals surface area contributed by atoms with E-state index in [4.69, 9.17) is 18.9 Å². The molecule has 1 aromatic rings. The molecule has 1 saturated heterocycles. The van der Waals surface area contributed by atoms with Crippen LogP contribution in [0, 0.1) is 0 Å². The van der Waals surface area contributed by atoms with Crippen molar-refractivity contribution in [2.45, 2.75) is 31.9 Å². The first-order valence-electron chi connectivity index (χ1n) is 8.15. The first kappa shape index (κ1) is 19.2. The summed E-state index contributed by atoms with van der Waals surface area (Å²) in [4.78, 5) is 24.4. The number of ether oxygens (including phenoxy) is 4. The number of ketones is 1. The zero-order valence-electron chi connectivity index (χ0n) is 15.1. The van der Waals surface area contributed by atoms with Gasteiger partial charge in [-0.05, 0) is 31.0 Å². The van der Waals surface area contributed by atoms with Crippen LogP contribution in [-0.2, 0) is 20.7 Å². The van der Waals surface area contributed by atoms with Crippen LogP contribution in [0.3, 0.4) is 0 Å². The summed E-state index contributed by atoms with van der Waals surface area (Å²) in [6.07, 6.45) is 0.592. The Hall–Kier alpha value is -2.12. The van der Waals surface area contributed by atoms with E-state index in [1.54, 1.807) is 19.2 Å². The maximum absolute atomic E-state index is 12.5. The number of Topliss-reactive ketones (excluding diaryl/α,β-unsaturated/α-hetero) is 1. The fourth-order valence-corrected chi connectivity index (χ4v) is 2.94. The summed E-state index contributed by atoms with van der Waals surface area (Å²) in [6, 6.07) is 3.18. The highest BCUT2D eigenvalue weighted by atomic mass is 16.5. The van der Waals surface area contributed by atoms with Gasteiger partial charge in [-0.2, -0.15) is 0 Å². The smallest absolute Gasteiger partial charge is 0.224 e. The van der Waals surface area contributed by atoms with Crippen molar-refractivity contribution in [1.82, 2.24) is 5.32 Å². The Morgan fingerprint density at radius 3 is 2.48 bits per heavy atom. The minimum absolute atomic E-state index is 0.0725. The summed E-state index contributed by atoms with van der Waals surface area (Å²) in [5.74, 6) is 0.630. The molecule has 0 bridgehead atoms. The second-order valence-corrected chi connectivity index (χ2v) is 5.91. The molecule has 1 fully saturated rings. The number of benzene rings is 1. The van der Waals surface area contributed by atoms with E-state index >= 15 is 0 Å². The van der Waals surface area contributed by atoms with Gasteiger partial charge in [0.1, 0.15) is 6.10 Å². The van der Waals surface area contributed by atoms with Gasteiger partial charge in [-0.3, -0.25) is 9.59 Å². The fraction of sp³-hybridized carbons (Fsp3) is 0.556. The molecule has 1 aliphatic heterocycles. The van der Waals surface area contributed by atoms with Crippen LogP contribution in [0.4, 0.5) is 0 Å². The standard InChI is InChI=1S/C18H25NO6/c1-11(20)13-9-16(23-3)15(22-2)7-12(13)8-18(21)19-14-5-6-25-10-17(14)24-4/h7,9,14,17H,5-6,8,10H2,1-4H3,(H,19,21)/t14-,17-/m1/s1. The van der Waals surface area contributed by atoms with Crippen LogP contribution in [0.5, 0.6) is 11.5 Å². The van der Waals surface area contributed by atoms with E-state index in [2.05, 4.69) is 5.32 Å². The van der Waals surface area contributed by atoms with Crippen LogP contribution in [0.15, 0.2) is 12.1 Å². The molecule has 25 heavy (non-hydrogen) atoms. The third kappa shape index (κ3) is 4.70. The molecule has 0 aliphatic carbocycles. The van der Waals surface area contributed by atoms with Gasteiger partial charge >= 0.3 is 0 Å². The van der Waals surface area contributed by atoms with Crippen LogP contribution in [-0.4, -0.2) is 58.4 Å². The average Bonchev–Trinajstić information content (AvgIpc) is 2.61. The first-order chi connectivity index (χ1) is 12.0. The number of carbonyl (C=O) groups excluding carboxylic acids is 2. The number of amides is 1. The van der Waals surface area contributed by atoms with E-state index in [-0.39, 0.29) is 30.3 Å². The summed E-state index contributed by atoms with van der Waals surface area (Å²) in [5, 5.41) is 2.97. The molecule has 1 heterocycles. The van der Waals surface area contributed by atoms with Gasteiger partial charge < -0.3 is 24.3 Å². The highest BCUT2D eigenvalue weighted by Gasteiger charge is 2.27. The van der Waals surface area contributed by atoms with Gasteiger partial charge in [0.15, 0.2) is 17.3 Å². The van der Waals surface area contributed by atoms with Crippen molar-refractivity contribution in [3.63, 3.8) is 0 Å². The van der Waals surface area contributed by atoms with Gasteiger partial charge in [0, 0.05) is 19.3 Å². The Morgan fingerprint density at radius 1 is 1.20 bits per heavy atom. The molecule has 1 aliphatic rings. The Kier molecular flexibility index (Phi) is 6.78. The Bertz CT molecular complexity index is 630. The van der Waals surface area contributed by atoms with Gasteiger partial charge in [-0.15, -0.1) is 0 Å². The molecular weight excluding hydrogens is 326 g/mol. The summed E-state index contributed by atoms with van der Waals surface area (Å²) in [5.41, 5.74) is 1.05. The topological polar surface area (TPSA) is 83.1 Å². The highest BCUT2D eigenvalue weighted by Crippen LogP contribution is 2.31. The Morgan fingerprint density at radius 2 is 1.88 bits per heavy atom. The molecule has 1 N–H and O–H groups in total. The molecule has 2 rings (SSSR count). The summed E-state index contributed by atoms with van der Waals surface area (Å²) in [6.45, 7) is 2.50. The first-order valence-corrected chi connectivity index (χ1v) is 8.15. The number of carbonyl (C=O) groups is 2. The van der Waals surface area contributed by atoms with E-state index < -0.39 is 0 Å². The van der Waals surface area contributed by atoms with E-state index in [1.807, 2.05) is 0 Å². The Balaban J connectivity index is 2.17. The van der Waals surface area contributed by atoms with Crippen molar-refractivity contribution in [2.24, 2.45) is 0 Å². The molecule has 2 atom stereocenters. The predicted octanol–water partition coefficient (Wildman–Crippen LogP) is 1.37. The van der Waals surface area contributed by atoms with Gasteiger partial charge in [-0.25, -0.2) is 0 Å². The minimum atomic E-state index is -0.177. The molecule has 0 spiro atoms. The van der Waals surface area contributed by atoms with Crippen LogP contribution < -0.4 is 14.8 Å². The number of hydrogen-bond donors (Lipinski definition) is 1. The van der Waals surface area contributed by atoms with E-state index in [0.29, 0.717) is 42.3 Å². The van der Waals surface area contributed by atoms with E-state index in [1.165, 1.54) is 21.1 Å². The third-order valence-corrected chi connectivity index (χ3v) is 4.29. The molecule has 0 unspecified atom stereocenters. The number of methoxy groups -OCH3 is 3. The fourth-order valence-electron chi connectivity index (χ4n) is 2.94. The maximum Gasteiger partial charge on any atom is 0.224 e. The average molecular weight is 351 g/mol. The number of rotatable bonds is 7. The van der Waals surface area contributed by atoms with Crippen LogP contribution in [0.25, 0.3) is 0 Å².